The first kappa shape index (κ1) is 18.4. The van der Waals surface area contributed by atoms with E-state index in [0.717, 1.165) is 16.2 Å². The van der Waals surface area contributed by atoms with Gasteiger partial charge in [-0.1, -0.05) is 5.16 Å². The van der Waals surface area contributed by atoms with Crippen molar-refractivity contribution >= 4 is 18.0 Å². The number of carbonyl (C=O) groups is 3. The molecular formula is C18H18N2O7. The fraction of sp³-hybridized carbons (Fsp3) is 0.333. The van der Waals surface area contributed by atoms with Crippen LogP contribution >= 0.6 is 0 Å². The van der Waals surface area contributed by atoms with Crippen LogP contribution in [0.25, 0.3) is 0 Å². The number of aromatic nitrogens is 1. The average molecular weight is 374 g/mol. The monoisotopic (exact) mass is 374 g/mol. The van der Waals surface area contributed by atoms with E-state index in [1.54, 1.807) is 19.1 Å². The summed E-state index contributed by atoms with van der Waals surface area (Å²) in [5.41, 5.74) is 1.90. The van der Waals surface area contributed by atoms with E-state index in [1.165, 1.54) is 12.1 Å². The number of imide groups is 1. The van der Waals surface area contributed by atoms with Crippen LogP contribution in [0, 0.1) is 13.8 Å². The van der Waals surface area contributed by atoms with E-state index in [9.17, 15) is 14.4 Å². The molecule has 1 aromatic carbocycles. The standard InChI is InChI=1S/C18H18N2O7/c1-11-15(12(2)27-19-11)9-25-14-5-3-13(4-6-14)17(22)26-10-16(21)20-7-8-24-18(20)23/h3-6H,7-10H2,1-2H3. The molecule has 27 heavy (non-hydrogen) atoms. The minimum absolute atomic E-state index is 0.147. The number of esters is 1. The van der Waals surface area contributed by atoms with Crippen molar-refractivity contribution in [3.8, 4) is 5.75 Å². The quantitative estimate of drug-likeness (QED) is 0.707. The third-order valence-corrected chi connectivity index (χ3v) is 4.04. The first-order valence-corrected chi connectivity index (χ1v) is 8.24. The average Bonchev–Trinajstić information content (AvgIpc) is 3.23. The predicted octanol–water partition coefficient (Wildman–Crippen LogP) is 2.01. The number of aryl methyl sites for hydroxylation is 2. The lowest BCUT2D eigenvalue weighted by Crippen LogP contribution is -2.35. The van der Waals surface area contributed by atoms with Gasteiger partial charge in [0.15, 0.2) is 6.61 Å². The SMILES string of the molecule is Cc1noc(C)c1COc1ccc(C(=O)OCC(=O)N2CCOC2=O)cc1. The molecular weight excluding hydrogens is 356 g/mol. The fourth-order valence-electron chi connectivity index (χ4n) is 2.46. The van der Waals surface area contributed by atoms with Gasteiger partial charge in [-0.3, -0.25) is 4.79 Å². The Balaban J connectivity index is 1.51. The van der Waals surface area contributed by atoms with E-state index < -0.39 is 24.6 Å². The molecule has 2 heterocycles. The van der Waals surface area contributed by atoms with Crippen molar-refractivity contribution in [2.75, 3.05) is 19.8 Å². The van der Waals surface area contributed by atoms with Crippen LogP contribution in [0.2, 0.25) is 0 Å². The highest BCUT2D eigenvalue weighted by molar-refractivity contribution is 5.96. The Morgan fingerprint density at radius 1 is 1.22 bits per heavy atom. The smallest absolute Gasteiger partial charge is 0.416 e. The van der Waals surface area contributed by atoms with Crippen LogP contribution < -0.4 is 4.74 Å². The number of benzene rings is 1. The lowest BCUT2D eigenvalue weighted by molar-refractivity contribution is -0.131. The number of rotatable bonds is 6. The molecule has 1 aliphatic heterocycles. The lowest BCUT2D eigenvalue weighted by Gasteiger charge is -2.11. The third-order valence-electron chi connectivity index (χ3n) is 4.04. The summed E-state index contributed by atoms with van der Waals surface area (Å²) in [6.07, 6.45) is -0.726. The van der Waals surface area contributed by atoms with Crippen molar-refractivity contribution in [2.24, 2.45) is 0 Å². The van der Waals surface area contributed by atoms with Crippen LogP contribution in [-0.2, 0) is 20.9 Å². The van der Waals surface area contributed by atoms with Crippen LogP contribution in [0.15, 0.2) is 28.8 Å². The van der Waals surface area contributed by atoms with Crippen LogP contribution in [-0.4, -0.2) is 47.8 Å². The van der Waals surface area contributed by atoms with Crippen LogP contribution in [0.5, 0.6) is 5.75 Å². The molecule has 0 radical (unpaired) electrons. The first-order valence-electron chi connectivity index (χ1n) is 8.24. The zero-order valence-corrected chi connectivity index (χ0v) is 14.9. The second-order valence-corrected chi connectivity index (χ2v) is 5.85. The second kappa shape index (κ2) is 7.90. The lowest BCUT2D eigenvalue weighted by atomic mass is 10.2. The zero-order valence-electron chi connectivity index (χ0n) is 14.9. The number of ether oxygens (including phenoxy) is 3. The Morgan fingerprint density at radius 2 is 1.96 bits per heavy atom. The van der Waals surface area contributed by atoms with E-state index in [1.807, 2.05) is 6.92 Å². The van der Waals surface area contributed by atoms with Crippen LogP contribution in [0.1, 0.15) is 27.4 Å². The van der Waals surface area contributed by atoms with Gasteiger partial charge in [0, 0.05) is 0 Å². The van der Waals surface area contributed by atoms with Crippen molar-refractivity contribution in [1.82, 2.24) is 10.1 Å². The molecule has 2 amide bonds. The van der Waals surface area contributed by atoms with Crippen LogP contribution in [0.3, 0.4) is 0 Å². The Hall–Kier alpha value is -3.36. The maximum atomic E-state index is 12.0. The highest BCUT2D eigenvalue weighted by Crippen LogP contribution is 2.18. The van der Waals surface area contributed by atoms with Crippen molar-refractivity contribution < 1.29 is 33.1 Å². The molecule has 9 heteroatoms. The second-order valence-electron chi connectivity index (χ2n) is 5.85. The fourth-order valence-corrected chi connectivity index (χ4v) is 2.46. The maximum absolute atomic E-state index is 12.0. The summed E-state index contributed by atoms with van der Waals surface area (Å²) in [4.78, 5) is 36.0. The minimum atomic E-state index is -0.726. The van der Waals surface area contributed by atoms with Gasteiger partial charge in [0.05, 0.1) is 23.4 Å². The minimum Gasteiger partial charge on any atom is -0.489 e. The van der Waals surface area contributed by atoms with E-state index in [2.05, 4.69) is 9.89 Å². The summed E-state index contributed by atoms with van der Waals surface area (Å²) in [6.45, 7) is 3.71. The molecule has 2 aromatic rings. The Morgan fingerprint density at radius 3 is 2.56 bits per heavy atom. The van der Waals surface area contributed by atoms with E-state index in [4.69, 9.17) is 14.0 Å². The predicted molar refractivity (Wildman–Crippen MR) is 90.1 cm³/mol. The molecule has 0 saturated carbocycles. The molecule has 9 nitrogen and oxygen atoms in total. The van der Waals surface area contributed by atoms with Crippen LogP contribution in [0.4, 0.5) is 4.79 Å². The van der Waals surface area contributed by atoms with Crippen molar-refractivity contribution in [3.63, 3.8) is 0 Å². The van der Waals surface area contributed by atoms with Gasteiger partial charge in [-0.15, -0.1) is 0 Å². The highest BCUT2D eigenvalue weighted by Gasteiger charge is 2.29. The van der Waals surface area contributed by atoms with E-state index in [-0.39, 0.29) is 18.7 Å². The summed E-state index contributed by atoms with van der Waals surface area (Å²) in [5.74, 6) is -0.0415. The maximum Gasteiger partial charge on any atom is 0.416 e. The third kappa shape index (κ3) is 4.25. The van der Waals surface area contributed by atoms with Gasteiger partial charge in [0.2, 0.25) is 0 Å². The summed E-state index contributed by atoms with van der Waals surface area (Å²) in [5, 5.41) is 3.86. The molecule has 1 aromatic heterocycles. The Bertz CT molecular complexity index is 838. The van der Waals surface area contributed by atoms with Gasteiger partial charge in [-0.25, -0.2) is 14.5 Å². The number of hydrogen-bond acceptors (Lipinski definition) is 8. The first-order chi connectivity index (χ1) is 13.0. The van der Waals surface area contributed by atoms with Gasteiger partial charge >= 0.3 is 12.1 Å². The Kier molecular flexibility index (Phi) is 5.39. The molecule has 0 spiro atoms. The molecule has 1 saturated heterocycles. The largest absolute Gasteiger partial charge is 0.489 e. The summed E-state index contributed by atoms with van der Waals surface area (Å²) in [7, 11) is 0. The van der Waals surface area contributed by atoms with Crippen molar-refractivity contribution in [3.05, 3.63) is 46.8 Å². The molecule has 1 aliphatic rings. The molecule has 3 rings (SSSR count). The van der Waals surface area contributed by atoms with Gasteiger partial charge in [0.25, 0.3) is 5.91 Å². The summed E-state index contributed by atoms with van der Waals surface area (Å²) >= 11 is 0. The van der Waals surface area contributed by atoms with Crippen molar-refractivity contribution in [1.29, 1.82) is 0 Å². The zero-order chi connectivity index (χ0) is 19.4. The molecule has 0 aliphatic carbocycles. The van der Waals surface area contributed by atoms with Crippen molar-refractivity contribution in [2.45, 2.75) is 20.5 Å². The molecule has 1 fully saturated rings. The van der Waals surface area contributed by atoms with Gasteiger partial charge in [-0.2, -0.15) is 0 Å². The van der Waals surface area contributed by atoms with Gasteiger partial charge in [-0.05, 0) is 38.1 Å². The number of cyclic esters (lactones) is 1. The van der Waals surface area contributed by atoms with Gasteiger partial charge < -0.3 is 18.7 Å². The molecule has 142 valence electrons. The Labute approximate surface area is 154 Å². The highest BCUT2D eigenvalue weighted by atomic mass is 16.6. The number of carbonyl (C=O) groups excluding carboxylic acids is 3. The van der Waals surface area contributed by atoms with E-state index in [0.29, 0.717) is 18.1 Å². The summed E-state index contributed by atoms with van der Waals surface area (Å²) in [6, 6.07) is 6.29. The molecule has 0 atom stereocenters. The number of nitrogens with zero attached hydrogens (tertiary/aromatic N) is 2. The van der Waals surface area contributed by atoms with E-state index >= 15 is 0 Å². The normalized spacial score (nSPS) is 13.4. The molecule has 0 unspecified atom stereocenters. The number of hydrogen-bond donors (Lipinski definition) is 0. The number of amides is 2. The molecule has 0 N–H and O–H groups in total. The van der Waals surface area contributed by atoms with Gasteiger partial charge in [0.1, 0.15) is 24.7 Å². The molecule has 0 bridgehead atoms. The summed E-state index contributed by atoms with van der Waals surface area (Å²) < 4.78 is 20.3. The topological polar surface area (TPSA) is 108 Å².